The SMILES string of the molecule is Br.Br.CC[c-]1ccc2ccccc21.[Hf]. The third-order valence-electron chi connectivity index (χ3n) is 2.15. The monoisotopic (exact) mass is 483 g/mol. The van der Waals surface area contributed by atoms with Gasteiger partial charge < -0.3 is 0 Å². The Bertz CT molecular complexity index is 368. The zero-order chi connectivity index (χ0) is 7.68. The molecule has 0 aliphatic heterocycles. The van der Waals surface area contributed by atoms with Crippen LogP contribution in [0, 0.1) is 0 Å². The van der Waals surface area contributed by atoms with E-state index >= 15 is 0 Å². The van der Waals surface area contributed by atoms with Crippen molar-refractivity contribution in [1.82, 2.24) is 0 Å². The van der Waals surface area contributed by atoms with E-state index < -0.39 is 0 Å². The molecule has 0 saturated carbocycles. The van der Waals surface area contributed by atoms with Gasteiger partial charge in [0, 0.05) is 25.8 Å². The van der Waals surface area contributed by atoms with Crippen molar-refractivity contribution in [3.05, 3.63) is 42.0 Å². The average molecular weight is 484 g/mol. The normalized spacial score (nSPS) is 8.36. The molecule has 0 fully saturated rings. The Morgan fingerprint density at radius 1 is 1.07 bits per heavy atom. The fourth-order valence-electron chi connectivity index (χ4n) is 1.52. The Labute approximate surface area is 125 Å². The first-order valence-electron chi connectivity index (χ1n) is 4.05. The van der Waals surface area contributed by atoms with Crippen LogP contribution in [0.15, 0.2) is 36.4 Å². The molecule has 0 aliphatic carbocycles. The summed E-state index contributed by atoms with van der Waals surface area (Å²) in [5.74, 6) is 0. The number of rotatable bonds is 1. The van der Waals surface area contributed by atoms with Crippen LogP contribution in [0.4, 0.5) is 0 Å². The summed E-state index contributed by atoms with van der Waals surface area (Å²) in [6.45, 7) is 2.20. The molecule has 2 aromatic rings. The standard InChI is InChI=1S/C11H11.2BrH.Hf/c1-2-9-7-8-10-5-3-4-6-11(9)10;;;/h3-8H,2H2,1H3;2*1H;/q-1;;;. The molecule has 2 rings (SSSR count). The van der Waals surface area contributed by atoms with E-state index in [0.29, 0.717) is 0 Å². The van der Waals surface area contributed by atoms with Crippen molar-refractivity contribution >= 4 is 44.7 Å². The summed E-state index contributed by atoms with van der Waals surface area (Å²) in [6.07, 6.45) is 1.13. The molecule has 76 valence electrons. The third-order valence-corrected chi connectivity index (χ3v) is 2.15. The van der Waals surface area contributed by atoms with Crippen LogP contribution in [0.1, 0.15) is 12.5 Å². The van der Waals surface area contributed by atoms with E-state index in [0.717, 1.165) is 6.42 Å². The Morgan fingerprint density at radius 3 is 2.36 bits per heavy atom. The predicted molar refractivity (Wildman–Crippen MR) is 69.6 cm³/mol. The van der Waals surface area contributed by atoms with Crippen LogP contribution in [0.2, 0.25) is 0 Å². The van der Waals surface area contributed by atoms with Crippen molar-refractivity contribution in [3.63, 3.8) is 0 Å². The zero-order valence-electron chi connectivity index (χ0n) is 7.99. The van der Waals surface area contributed by atoms with Gasteiger partial charge in [-0.1, -0.05) is 19.4 Å². The second-order valence-electron chi connectivity index (χ2n) is 2.80. The van der Waals surface area contributed by atoms with Crippen molar-refractivity contribution in [2.24, 2.45) is 0 Å². The topological polar surface area (TPSA) is 0 Å². The molecule has 0 aromatic heterocycles. The third kappa shape index (κ3) is 3.35. The molecule has 0 N–H and O–H groups in total. The number of halogens is 2. The molecule has 3 heteroatoms. The van der Waals surface area contributed by atoms with Crippen LogP contribution in [0.3, 0.4) is 0 Å². The molecule has 0 bridgehead atoms. The van der Waals surface area contributed by atoms with Crippen molar-refractivity contribution in [2.45, 2.75) is 13.3 Å². The van der Waals surface area contributed by atoms with E-state index in [-0.39, 0.29) is 59.8 Å². The summed E-state index contributed by atoms with van der Waals surface area (Å²) >= 11 is 0. The molecule has 0 radical (unpaired) electrons. The molecule has 0 heterocycles. The Balaban J connectivity index is 0. The van der Waals surface area contributed by atoms with E-state index in [2.05, 4.69) is 43.3 Å². The summed E-state index contributed by atoms with van der Waals surface area (Å²) in [6, 6.07) is 12.9. The maximum atomic E-state index is 2.21. The van der Waals surface area contributed by atoms with Gasteiger partial charge in [-0.25, -0.2) is 0 Å². The van der Waals surface area contributed by atoms with Gasteiger partial charge in [0.15, 0.2) is 0 Å². The zero-order valence-corrected chi connectivity index (χ0v) is 15.0. The first-order chi connectivity index (χ1) is 5.42. The van der Waals surface area contributed by atoms with Gasteiger partial charge >= 0.3 is 0 Å². The molecule has 0 unspecified atom stereocenters. The molecule has 0 nitrogen and oxygen atoms in total. The summed E-state index contributed by atoms with van der Waals surface area (Å²) < 4.78 is 0. The van der Waals surface area contributed by atoms with Crippen LogP contribution in [0.25, 0.3) is 10.8 Å². The quantitative estimate of drug-likeness (QED) is 0.420. The fourth-order valence-corrected chi connectivity index (χ4v) is 1.52. The van der Waals surface area contributed by atoms with Gasteiger partial charge in [0.2, 0.25) is 0 Å². The molecule has 0 amide bonds. The summed E-state index contributed by atoms with van der Waals surface area (Å²) in [4.78, 5) is 0. The average Bonchev–Trinajstić information content (AvgIpc) is 2.47. The van der Waals surface area contributed by atoms with Crippen molar-refractivity contribution in [2.75, 3.05) is 0 Å². The van der Waals surface area contributed by atoms with Gasteiger partial charge in [-0.05, 0) is 0 Å². The van der Waals surface area contributed by atoms with Crippen LogP contribution in [-0.2, 0) is 32.3 Å². The molecule has 0 saturated heterocycles. The number of fused-ring (bicyclic) bond motifs is 1. The van der Waals surface area contributed by atoms with Gasteiger partial charge in [-0.15, -0.1) is 74.6 Å². The Kier molecular flexibility index (Phi) is 9.62. The second-order valence-corrected chi connectivity index (χ2v) is 2.80. The van der Waals surface area contributed by atoms with Gasteiger partial charge in [-0.2, -0.15) is 6.07 Å². The van der Waals surface area contributed by atoms with E-state index in [1.54, 1.807) is 0 Å². The van der Waals surface area contributed by atoms with E-state index in [1.165, 1.54) is 16.3 Å². The molecule has 0 spiro atoms. The Hall–Kier alpha value is 0.660. The van der Waals surface area contributed by atoms with Gasteiger partial charge in [0.05, 0.1) is 0 Å². The molecule has 0 atom stereocenters. The maximum Gasteiger partial charge on any atom is 0 e. The molecular weight excluding hydrogens is 470 g/mol. The van der Waals surface area contributed by atoms with Crippen LogP contribution in [-0.4, -0.2) is 0 Å². The second kappa shape index (κ2) is 7.89. The number of benzene rings is 1. The maximum absolute atomic E-state index is 2.21. The molecule has 0 aliphatic rings. The number of hydrogen-bond acceptors (Lipinski definition) is 0. The summed E-state index contributed by atoms with van der Waals surface area (Å²) in [5.41, 5.74) is 1.46. The van der Waals surface area contributed by atoms with Gasteiger partial charge in [0.25, 0.3) is 0 Å². The van der Waals surface area contributed by atoms with E-state index in [9.17, 15) is 0 Å². The van der Waals surface area contributed by atoms with Crippen molar-refractivity contribution in [3.8, 4) is 0 Å². The minimum Gasteiger partial charge on any atom is -0.168 e. The van der Waals surface area contributed by atoms with Crippen LogP contribution < -0.4 is 0 Å². The Morgan fingerprint density at radius 2 is 1.71 bits per heavy atom. The smallest absolute Gasteiger partial charge is 0 e. The van der Waals surface area contributed by atoms with Crippen molar-refractivity contribution < 1.29 is 25.8 Å². The minimum absolute atomic E-state index is 0. The van der Waals surface area contributed by atoms with E-state index in [1.807, 2.05) is 0 Å². The van der Waals surface area contributed by atoms with Gasteiger partial charge in [0.1, 0.15) is 0 Å². The molecule has 14 heavy (non-hydrogen) atoms. The molecular formula is C11H13Br2Hf-. The first-order valence-corrected chi connectivity index (χ1v) is 4.05. The largest absolute Gasteiger partial charge is 0.168 e. The van der Waals surface area contributed by atoms with Crippen LogP contribution >= 0.6 is 34.0 Å². The molecule has 2 aromatic carbocycles. The first kappa shape index (κ1) is 17.1. The van der Waals surface area contributed by atoms with Crippen molar-refractivity contribution in [1.29, 1.82) is 0 Å². The van der Waals surface area contributed by atoms with E-state index in [4.69, 9.17) is 0 Å². The fraction of sp³-hybridized carbons (Fsp3) is 0.182. The van der Waals surface area contributed by atoms with Crippen LogP contribution in [0.5, 0.6) is 0 Å². The summed E-state index contributed by atoms with van der Waals surface area (Å²) in [5, 5.41) is 2.78. The number of aryl methyl sites for hydroxylation is 1. The summed E-state index contributed by atoms with van der Waals surface area (Å²) in [7, 11) is 0. The predicted octanol–water partition coefficient (Wildman–Crippen LogP) is 4.27. The van der Waals surface area contributed by atoms with Gasteiger partial charge in [-0.3, -0.25) is 0 Å². The minimum atomic E-state index is 0. The number of hydrogen-bond donors (Lipinski definition) is 0.